The first-order valence-electron chi connectivity index (χ1n) is 6.75. The second kappa shape index (κ2) is 8.05. The zero-order valence-electron chi connectivity index (χ0n) is 12.5. The van der Waals surface area contributed by atoms with Crippen molar-refractivity contribution >= 4 is 27.5 Å². The Hall–Kier alpha value is -2.22. The molecule has 1 N–H and O–H groups in total. The first-order valence-corrected chi connectivity index (χ1v) is 7.55. The number of rotatable bonds is 6. The number of amides is 1. The predicted octanol–water partition coefficient (Wildman–Crippen LogP) is 4.38. The van der Waals surface area contributed by atoms with Gasteiger partial charge in [0.05, 0.1) is 18.0 Å². The van der Waals surface area contributed by atoms with Gasteiger partial charge in [-0.3, -0.25) is 4.79 Å². The van der Waals surface area contributed by atoms with Crippen LogP contribution in [0.2, 0.25) is 0 Å². The molecule has 128 valence electrons. The van der Waals surface area contributed by atoms with Gasteiger partial charge in [0.1, 0.15) is 5.82 Å². The van der Waals surface area contributed by atoms with E-state index >= 15 is 0 Å². The van der Waals surface area contributed by atoms with Crippen molar-refractivity contribution in [3.63, 3.8) is 0 Å². The van der Waals surface area contributed by atoms with Crippen LogP contribution in [0.25, 0.3) is 0 Å². The van der Waals surface area contributed by atoms with E-state index in [9.17, 15) is 18.0 Å². The molecule has 0 heterocycles. The lowest BCUT2D eigenvalue weighted by Crippen LogP contribution is -2.14. The molecule has 0 saturated heterocycles. The highest BCUT2D eigenvalue weighted by molar-refractivity contribution is 9.10. The van der Waals surface area contributed by atoms with Crippen molar-refractivity contribution in [2.24, 2.45) is 0 Å². The maximum absolute atomic E-state index is 13.2. The van der Waals surface area contributed by atoms with Crippen LogP contribution in [-0.2, 0) is 11.2 Å². The smallest absolute Gasteiger partial charge is 0.387 e. The number of alkyl halides is 2. The van der Waals surface area contributed by atoms with Gasteiger partial charge in [-0.25, -0.2) is 4.39 Å². The van der Waals surface area contributed by atoms with E-state index in [2.05, 4.69) is 26.0 Å². The number of carbonyl (C=O) groups excluding carboxylic acids is 1. The summed E-state index contributed by atoms with van der Waals surface area (Å²) in [5, 5.41) is 2.56. The molecule has 0 aromatic heterocycles. The van der Waals surface area contributed by atoms with Gasteiger partial charge in [-0.2, -0.15) is 8.78 Å². The highest BCUT2D eigenvalue weighted by Crippen LogP contribution is 2.31. The first-order chi connectivity index (χ1) is 11.4. The topological polar surface area (TPSA) is 47.6 Å². The lowest BCUT2D eigenvalue weighted by atomic mass is 10.1. The Morgan fingerprint density at radius 1 is 1.21 bits per heavy atom. The van der Waals surface area contributed by atoms with Gasteiger partial charge >= 0.3 is 6.61 Å². The zero-order chi connectivity index (χ0) is 17.7. The van der Waals surface area contributed by atoms with Crippen LogP contribution in [0.4, 0.5) is 18.9 Å². The molecule has 0 unspecified atom stereocenters. The molecule has 0 saturated carbocycles. The Morgan fingerprint density at radius 2 is 1.96 bits per heavy atom. The number of benzene rings is 2. The van der Waals surface area contributed by atoms with Gasteiger partial charge in [-0.1, -0.05) is 6.07 Å². The van der Waals surface area contributed by atoms with E-state index in [4.69, 9.17) is 4.74 Å². The largest absolute Gasteiger partial charge is 0.493 e. The van der Waals surface area contributed by atoms with E-state index in [1.54, 1.807) is 0 Å². The summed E-state index contributed by atoms with van der Waals surface area (Å²) in [5.74, 6) is -0.879. The number of methoxy groups -OCH3 is 1. The van der Waals surface area contributed by atoms with Gasteiger partial charge < -0.3 is 14.8 Å². The van der Waals surface area contributed by atoms with Crippen molar-refractivity contribution in [1.29, 1.82) is 0 Å². The minimum atomic E-state index is -3.01. The van der Waals surface area contributed by atoms with Crippen LogP contribution < -0.4 is 14.8 Å². The average Bonchev–Trinajstić information content (AvgIpc) is 2.50. The molecule has 0 fully saturated rings. The van der Waals surface area contributed by atoms with E-state index in [0.717, 1.165) is 0 Å². The summed E-state index contributed by atoms with van der Waals surface area (Å²) in [6, 6.07) is 8.36. The summed E-state index contributed by atoms with van der Waals surface area (Å²) < 4.78 is 47.5. The van der Waals surface area contributed by atoms with Crippen LogP contribution in [0.15, 0.2) is 40.9 Å². The van der Waals surface area contributed by atoms with Gasteiger partial charge in [0.25, 0.3) is 0 Å². The number of hydrogen-bond acceptors (Lipinski definition) is 3. The molecule has 2 aromatic rings. The summed E-state index contributed by atoms with van der Waals surface area (Å²) >= 11 is 3.04. The fourth-order valence-electron chi connectivity index (χ4n) is 1.98. The molecule has 2 aromatic carbocycles. The standard InChI is InChI=1S/C16H13BrF3NO3/c1-23-13-5-3-10(8-14(13)24-16(19)20)21-15(22)7-9-2-4-12(18)11(17)6-9/h2-6,8,16H,7H2,1H3,(H,21,22). The second-order valence-electron chi connectivity index (χ2n) is 4.72. The molecule has 0 radical (unpaired) electrons. The van der Waals surface area contributed by atoms with Crippen LogP contribution in [0.3, 0.4) is 0 Å². The van der Waals surface area contributed by atoms with Crippen LogP contribution >= 0.6 is 15.9 Å². The monoisotopic (exact) mass is 403 g/mol. The van der Waals surface area contributed by atoms with E-state index in [0.29, 0.717) is 5.56 Å². The minimum absolute atomic E-state index is 0.00402. The fourth-order valence-corrected chi connectivity index (χ4v) is 2.41. The molecule has 0 bridgehead atoms. The van der Waals surface area contributed by atoms with E-state index in [-0.39, 0.29) is 34.0 Å². The van der Waals surface area contributed by atoms with Crippen molar-refractivity contribution in [2.45, 2.75) is 13.0 Å². The lowest BCUT2D eigenvalue weighted by molar-refractivity contribution is -0.115. The fraction of sp³-hybridized carbons (Fsp3) is 0.188. The van der Waals surface area contributed by atoms with Gasteiger partial charge in [0.2, 0.25) is 5.91 Å². The zero-order valence-corrected chi connectivity index (χ0v) is 14.1. The molecule has 24 heavy (non-hydrogen) atoms. The predicted molar refractivity (Wildman–Crippen MR) is 86.1 cm³/mol. The van der Waals surface area contributed by atoms with Crippen molar-refractivity contribution in [1.82, 2.24) is 0 Å². The highest BCUT2D eigenvalue weighted by atomic mass is 79.9. The Kier molecular flexibility index (Phi) is 6.08. The molecule has 2 rings (SSSR count). The summed E-state index contributed by atoms with van der Waals surface area (Å²) in [5.41, 5.74) is 0.871. The average molecular weight is 404 g/mol. The van der Waals surface area contributed by atoms with Crippen molar-refractivity contribution < 1.29 is 27.4 Å². The van der Waals surface area contributed by atoms with Crippen molar-refractivity contribution in [3.8, 4) is 11.5 Å². The molecule has 0 aliphatic heterocycles. The normalized spacial score (nSPS) is 10.6. The Morgan fingerprint density at radius 3 is 2.58 bits per heavy atom. The minimum Gasteiger partial charge on any atom is -0.493 e. The maximum atomic E-state index is 13.2. The second-order valence-corrected chi connectivity index (χ2v) is 5.57. The lowest BCUT2D eigenvalue weighted by Gasteiger charge is -2.12. The summed E-state index contributed by atoms with van der Waals surface area (Å²) in [4.78, 5) is 12.0. The molecule has 8 heteroatoms. The van der Waals surface area contributed by atoms with Crippen molar-refractivity contribution in [3.05, 3.63) is 52.3 Å². The molecule has 0 aliphatic rings. The van der Waals surface area contributed by atoms with Crippen LogP contribution in [0, 0.1) is 5.82 Å². The molecule has 1 amide bonds. The Labute approximate surface area is 144 Å². The van der Waals surface area contributed by atoms with E-state index in [1.165, 1.54) is 43.5 Å². The first kappa shape index (κ1) is 18.1. The number of hydrogen-bond donors (Lipinski definition) is 1. The Balaban J connectivity index is 2.09. The van der Waals surface area contributed by atoms with Crippen LogP contribution in [-0.4, -0.2) is 19.6 Å². The molecule has 4 nitrogen and oxygen atoms in total. The number of anilines is 1. The number of nitrogens with one attached hydrogen (secondary N) is 1. The number of ether oxygens (including phenoxy) is 2. The third-order valence-corrected chi connectivity index (χ3v) is 3.62. The quantitative estimate of drug-likeness (QED) is 0.778. The Bertz CT molecular complexity index is 741. The molecular formula is C16H13BrF3NO3. The van der Waals surface area contributed by atoms with Gasteiger partial charge in [0, 0.05) is 11.8 Å². The van der Waals surface area contributed by atoms with E-state index in [1.807, 2.05) is 0 Å². The molecular weight excluding hydrogens is 391 g/mol. The number of carbonyl (C=O) groups is 1. The van der Waals surface area contributed by atoms with Crippen LogP contribution in [0.1, 0.15) is 5.56 Å². The molecule has 0 spiro atoms. The summed E-state index contributed by atoms with van der Waals surface area (Å²) in [6.07, 6.45) is -0.00402. The summed E-state index contributed by atoms with van der Waals surface area (Å²) in [7, 11) is 1.32. The molecule has 0 aliphatic carbocycles. The number of halogens is 4. The van der Waals surface area contributed by atoms with Gasteiger partial charge in [0.15, 0.2) is 11.5 Å². The van der Waals surface area contributed by atoms with Gasteiger partial charge in [-0.15, -0.1) is 0 Å². The van der Waals surface area contributed by atoms with E-state index < -0.39 is 12.4 Å². The van der Waals surface area contributed by atoms with Crippen molar-refractivity contribution in [2.75, 3.05) is 12.4 Å². The van der Waals surface area contributed by atoms with Crippen LogP contribution in [0.5, 0.6) is 11.5 Å². The maximum Gasteiger partial charge on any atom is 0.387 e. The highest BCUT2D eigenvalue weighted by Gasteiger charge is 2.13. The third kappa shape index (κ3) is 4.89. The van der Waals surface area contributed by atoms with Gasteiger partial charge in [-0.05, 0) is 45.8 Å². The summed E-state index contributed by atoms with van der Waals surface area (Å²) in [6.45, 7) is -3.01. The third-order valence-electron chi connectivity index (χ3n) is 3.01. The molecule has 0 atom stereocenters. The SMILES string of the molecule is COc1ccc(NC(=O)Cc2ccc(F)c(Br)c2)cc1OC(F)F.